The zero-order valence-electron chi connectivity index (χ0n) is 13.8. The molecule has 2 aromatic carbocycles. The van der Waals surface area contributed by atoms with E-state index in [0.29, 0.717) is 13.4 Å². The smallest absolute Gasteiger partial charge is 0.146 e. The molecule has 1 aromatic heterocycles. The highest BCUT2D eigenvalue weighted by molar-refractivity contribution is 7.33. The molecule has 3 rings (SSSR count). The average molecular weight is 343 g/mol. The third-order valence-electron chi connectivity index (χ3n) is 4.19. The summed E-state index contributed by atoms with van der Waals surface area (Å²) in [5.74, 6) is 0. The Labute approximate surface area is 142 Å². The largest absolute Gasteiger partial charge is 0.359 e. The first-order chi connectivity index (χ1) is 11.1. The molecule has 0 bridgehead atoms. The number of hydrogen-bond acceptors (Lipinski definition) is 3. The van der Waals surface area contributed by atoms with Crippen molar-refractivity contribution in [2.24, 2.45) is 0 Å². The van der Waals surface area contributed by atoms with Gasteiger partial charge in [0, 0.05) is 11.8 Å². The van der Waals surface area contributed by atoms with Crippen LogP contribution in [0.4, 0.5) is 0 Å². The standard InChI is InChI=1S/C19H22O2SSi/c1-20-14-21-13-16-9-5-7-11-18(16)23(2,3)19-12-15-8-4-6-10-17(15)22-19/h4-12H,13-14H2,1-3H3. The Bertz CT molecular complexity index is 762. The van der Waals surface area contributed by atoms with Crippen LogP contribution in [0.5, 0.6) is 0 Å². The Morgan fingerprint density at radius 2 is 1.74 bits per heavy atom. The van der Waals surface area contributed by atoms with Gasteiger partial charge in [0.15, 0.2) is 0 Å². The maximum Gasteiger partial charge on any atom is 0.146 e. The van der Waals surface area contributed by atoms with Crippen molar-refractivity contribution in [2.75, 3.05) is 13.9 Å². The highest BCUT2D eigenvalue weighted by Gasteiger charge is 2.30. The first-order valence-corrected chi connectivity index (χ1v) is 11.6. The number of hydrogen-bond donors (Lipinski definition) is 0. The van der Waals surface area contributed by atoms with Crippen molar-refractivity contribution in [1.82, 2.24) is 0 Å². The van der Waals surface area contributed by atoms with Gasteiger partial charge in [-0.25, -0.2) is 0 Å². The summed E-state index contributed by atoms with van der Waals surface area (Å²) in [5.41, 5.74) is 1.28. The molecule has 0 atom stereocenters. The molecule has 1 heterocycles. The summed E-state index contributed by atoms with van der Waals surface area (Å²) < 4.78 is 13.5. The highest BCUT2D eigenvalue weighted by atomic mass is 32.1. The second-order valence-corrected chi connectivity index (χ2v) is 12.0. The molecular formula is C19H22O2SSi. The van der Waals surface area contributed by atoms with Crippen LogP contribution in [0.3, 0.4) is 0 Å². The second kappa shape index (κ2) is 6.97. The van der Waals surface area contributed by atoms with E-state index >= 15 is 0 Å². The van der Waals surface area contributed by atoms with Gasteiger partial charge >= 0.3 is 0 Å². The van der Waals surface area contributed by atoms with E-state index in [1.807, 2.05) is 11.3 Å². The Balaban J connectivity index is 1.98. The lowest BCUT2D eigenvalue weighted by Crippen LogP contribution is -2.53. The van der Waals surface area contributed by atoms with E-state index < -0.39 is 8.07 Å². The number of benzene rings is 2. The Morgan fingerprint density at radius 3 is 2.52 bits per heavy atom. The molecule has 0 saturated heterocycles. The first-order valence-electron chi connectivity index (χ1n) is 7.77. The van der Waals surface area contributed by atoms with Crippen molar-refractivity contribution in [2.45, 2.75) is 19.7 Å². The van der Waals surface area contributed by atoms with Gasteiger partial charge in [0.2, 0.25) is 0 Å². The lowest BCUT2D eigenvalue weighted by Gasteiger charge is -2.24. The van der Waals surface area contributed by atoms with E-state index in [9.17, 15) is 0 Å². The van der Waals surface area contributed by atoms with Crippen LogP contribution < -0.4 is 9.69 Å². The quantitative estimate of drug-likeness (QED) is 0.385. The molecule has 0 aliphatic rings. The molecule has 3 aromatic rings. The van der Waals surface area contributed by atoms with Crippen LogP contribution in [0.1, 0.15) is 5.56 Å². The molecule has 4 heteroatoms. The summed E-state index contributed by atoms with van der Waals surface area (Å²) in [5, 5.41) is 2.80. The fourth-order valence-electron chi connectivity index (χ4n) is 2.91. The lowest BCUT2D eigenvalue weighted by molar-refractivity contribution is -0.0388. The molecular weight excluding hydrogens is 320 g/mol. The predicted octanol–water partition coefficient (Wildman–Crippen LogP) is 3.84. The molecule has 0 saturated carbocycles. The van der Waals surface area contributed by atoms with Gasteiger partial charge in [-0.3, -0.25) is 0 Å². The molecule has 0 fully saturated rings. The Morgan fingerprint density at radius 1 is 1.00 bits per heavy atom. The van der Waals surface area contributed by atoms with E-state index in [2.05, 4.69) is 67.7 Å². The normalized spacial score (nSPS) is 12.0. The zero-order chi connectivity index (χ0) is 16.3. The molecule has 2 nitrogen and oxygen atoms in total. The van der Waals surface area contributed by atoms with Crippen molar-refractivity contribution in [1.29, 1.82) is 0 Å². The molecule has 0 aliphatic heterocycles. The summed E-state index contributed by atoms with van der Waals surface area (Å²) in [4.78, 5) is 0. The molecule has 0 unspecified atom stereocenters. The molecule has 23 heavy (non-hydrogen) atoms. The van der Waals surface area contributed by atoms with Crippen LogP contribution in [0, 0.1) is 0 Å². The van der Waals surface area contributed by atoms with Gasteiger partial charge < -0.3 is 9.47 Å². The highest BCUT2D eigenvalue weighted by Crippen LogP contribution is 2.22. The third kappa shape index (κ3) is 3.40. The molecule has 0 amide bonds. The van der Waals surface area contributed by atoms with Gasteiger partial charge in [-0.15, -0.1) is 11.3 Å². The fraction of sp³-hybridized carbons (Fsp3) is 0.263. The maximum absolute atomic E-state index is 5.60. The van der Waals surface area contributed by atoms with E-state index in [0.717, 1.165) is 0 Å². The molecule has 0 radical (unpaired) electrons. The lowest BCUT2D eigenvalue weighted by atomic mass is 10.2. The number of ether oxygens (including phenoxy) is 2. The van der Waals surface area contributed by atoms with Crippen molar-refractivity contribution in [3.63, 3.8) is 0 Å². The van der Waals surface area contributed by atoms with Gasteiger partial charge in [-0.1, -0.05) is 55.6 Å². The van der Waals surface area contributed by atoms with Gasteiger partial charge in [0.25, 0.3) is 0 Å². The molecule has 0 N–H and O–H groups in total. The summed E-state index contributed by atoms with van der Waals surface area (Å²) in [7, 11) is -0.0911. The van der Waals surface area contributed by atoms with E-state index in [-0.39, 0.29) is 0 Å². The van der Waals surface area contributed by atoms with Crippen molar-refractivity contribution >= 4 is 39.2 Å². The van der Waals surface area contributed by atoms with Gasteiger partial charge in [0.05, 0.1) is 6.61 Å². The number of thiophene rings is 1. The zero-order valence-corrected chi connectivity index (χ0v) is 15.7. The Hall–Kier alpha value is -1.46. The third-order valence-corrected chi connectivity index (χ3v) is 10.2. The fourth-order valence-corrected chi connectivity index (χ4v) is 7.66. The minimum absolute atomic E-state index is 0.333. The number of fused-ring (bicyclic) bond motifs is 1. The van der Waals surface area contributed by atoms with Crippen LogP contribution in [0.15, 0.2) is 54.6 Å². The molecule has 0 spiro atoms. The van der Waals surface area contributed by atoms with Gasteiger partial charge in [0.1, 0.15) is 14.9 Å². The van der Waals surface area contributed by atoms with E-state index in [1.54, 1.807) is 7.11 Å². The minimum atomic E-state index is -1.75. The summed E-state index contributed by atoms with van der Waals surface area (Å²) in [6.45, 7) is 5.78. The SMILES string of the molecule is COCOCc1ccccc1[Si](C)(C)c1cc2ccccc2s1. The second-order valence-electron chi connectivity index (χ2n) is 6.19. The van der Waals surface area contributed by atoms with Crippen LogP contribution in [-0.4, -0.2) is 22.0 Å². The van der Waals surface area contributed by atoms with Crippen LogP contribution in [0.2, 0.25) is 13.1 Å². The van der Waals surface area contributed by atoms with Gasteiger partial charge in [-0.2, -0.15) is 0 Å². The van der Waals surface area contributed by atoms with Gasteiger partial charge in [-0.05, 0) is 32.8 Å². The van der Waals surface area contributed by atoms with Crippen molar-refractivity contribution < 1.29 is 9.47 Å². The van der Waals surface area contributed by atoms with Crippen molar-refractivity contribution in [3.8, 4) is 0 Å². The number of rotatable bonds is 6. The monoisotopic (exact) mass is 342 g/mol. The minimum Gasteiger partial charge on any atom is -0.359 e. The predicted molar refractivity (Wildman–Crippen MR) is 102 cm³/mol. The van der Waals surface area contributed by atoms with Crippen LogP contribution >= 0.6 is 11.3 Å². The first kappa shape index (κ1) is 16.4. The van der Waals surface area contributed by atoms with E-state index in [1.165, 1.54) is 25.3 Å². The summed E-state index contributed by atoms with van der Waals surface area (Å²) >= 11 is 1.93. The number of methoxy groups -OCH3 is 1. The Kier molecular flexibility index (Phi) is 4.97. The van der Waals surface area contributed by atoms with Crippen LogP contribution in [0.25, 0.3) is 10.1 Å². The van der Waals surface area contributed by atoms with Crippen LogP contribution in [-0.2, 0) is 16.1 Å². The topological polar surface area (TPSA) is 18.5 Å². The molecule has 0 aliphatic carbocycles. The van der Waals surface area contributed by atoms with Crippen molar-refractivity contribution in [3.05, 3.63) is 60.2 Å². The average Bonchev–Trinajstić information content (AvgIpc) is 3.00. The summed E-state index contributed by atoms with van der Waals surface area (Å²) in [6.07, 6.45) is 0. The van der Waals surface area contributed by atoms with E-state index in [4.69, 9.17) is 9.47 Å². The summed E-state index contributed by atoms with van der Waals surface area (Å²) in [6, 6.07) is 19.7. The molecule has 120 valence electrons. The maximum atomic E-state index is 5.60.